The lowest BCUT2D eigenvalue weighted by Crippen LogP contribution is -2.13. The average Bonchev–Trinajstić information content (AvgIpc) is 2.97. The van der Waals surface area contributed by atoms with Gasteiger partial charge in [-0.3, -0.25) is 0 Å². The molecule has 0 radical (unpaired) electrons. The minimum absolute atomic E-state index is 1.16. The zero-order chi connectivity index (χ0) is 14.2. The summed E-state index contributed by atoms with van der Waals surface area (Å²) in [5.41, 5.74) is 7.79. The van der Waals surface area contributed by atoms with E-state index in [0.717, 1.165) is 18.5 Å². The van der Waals surface area contributed by atoms with Crippen molar-refractivity contribution >= 4 is 22.3 Å². The predicted molar refractivity (Wildman–Crippen MR) is 87.0 cm³/mol. The number of rotatable bonds is 2. The summed E-state index contributed by atoms with van der Waals surface area (Å²) in [4.78, 5) is 3.60. The molecule has 0 atom stereocenters. The summed E-state index contributed by atoms with van der Waals surface area (Å²) in [6.07, 6.45) is 3.55. The van der Waals surface area contributed by atoms with Crippen molar-refractivity contribution in [1.29, 1.82) is 0 Å². The Hall–Kier alpha value is -2.35. The number of aromatic nitrogens is 1. The van der Waals surface area contributed by atoms with Gasteiger partial charge in [0.05, 0.1) is 11.1 Å². The quantitative estimate of drug-likeness (QED) is 0.745. The number of pyridine rings is 1. The number of hydrogen-bond donors (Lipinski definition) is 1. The van der Waals surface area contributed by atoms with E-state index in [0.29, 0.717) is 0 Å². The van der Waals surface area contributed by atoms with Gasteiger partial charge >= 0.3 is 0 Å². The highest BCUT2D eigenvalue weighted by Gasteiger charge is 2.24. The van der Waals surface area contributed by atoms with Gasteiger partial charge in [-0.1, -0.05) is 29.8 Å². The van der Waals surface area contributed by atoms with E-state index in [-0.39, 0.29) is 0 Å². The molecule has 2 N–H and O–H groups in total. The SMILES string of the molecule is Cc1ccc(Nc2c3c([nH+]c4ccccc24)CCC3)cc1. The van der Waals surface area contributed by atoms with Crippen LogP contribution in [0.4, 0.5) is 11.4 Å². The summed E-state index contributed by atoms with van der Waals surface area (Å²) >= 11 is 0. The van der Waals surface area contributed by atoms with Crippen LogP contribution >= 0.6 is 0 Å². The molecule has 0 amide bonds. The Bertz CT molecular complexity index is 804. The van der Waals surface area contributed by atoms with Gasteiger partial charge in [0.1, 0.15) is 0 Å². The molecule has 0 saturated carbocycles. The van der Waals surface area contributed by atoms with Gasteiger partial charge in [0.25, 0.3) is 0 Å². The van der Waals surface area contributed by atoms with E-state index in [1.807, 2.05) is 0 Å². The number of hydrogen-bond acceptors (Lipinski definition) is 1. The Kier molecular flexibility index (Phi) is 2.88. The molecule has 1 aliphatic carbocycles. The van der Waals surface area contributed by atoms with E-state index >= 15 is 0 Å². The molecule has 104 valence electrons. The number of aryl methyl sites for hydroxylation is 2. The molecule has 21 heavy (non-hydrogen) atoms. The van der Waals surface area contributed by atoms with E-state index in [1.54, 1.807) is 0 Å². The van der Waals surface area contributed by atoms with Crippen LogP contribution in [-0.4, -0.2) is 0 Å². The molecule has 2 heteroatoms. The molecule has 1 aliphatic rings. The van der Waals surface area contributed by atoms with Gasteiger partial charge in [0, 0.05) is 23.7 Å². The Morgan fingerprint density at radius 3 is 2.62 bits per heavy atom. The second-order valence-corrected chi connectivity index (χ2v) is 5.85. The summed E-state index contributed by atoms with van der Waals surface area (Å²) in [6, 6.07) is 17.2. The fraction of sp³-hybridized carbons (Fsp3) is 0.211. The average molecular weight is 275 g/mol. The second kappa shape index (κ2) is 4.88. The van der Waals surface area contributed by atoms with Crippen molar-refractivity contribution in [2.75, 3.05) is 5.32 Å². The van der Waals surface area contributed by atoms with Crippen LogP contribution in [0, 0.1) is 6.92 Å². The van der Waals surface area contributed by atoms with Crippen molar-refractivity contribution in [2.45, 2.75) is 26.2 Å². The largest absolute Gasteiger partial charge is 0.354 e. The number of anilines is 2. The van der Waals surface area contributed by atoms with Crippen LogP contribution in [0.1, 0.15) is 23.2 Å². The molecule has 2 nitrogen and oxygen atoms in total. The molecule has 3 aromatic rings. The third-order valence-corrected chi connectivity index (χ3v) is 4.32. The Morgan fingerprint density at radius 1 is 0.952 bits per heavy atom. The maximum Gasteiger partial charge on any atom is 0.213 e. The van der Waals surface area contributed by atoms with Crippen LogP contribution in [0.5, 0.6) is 0 Å². The van der Waals surface area contributed by atoms with Crippen LogP contribution in [0.3, 0.4) is 0 Å². The summed E-state index contributed by atoms with van der Waals surface area (Å²) in [5.74, 6) is 0. The summed E-state index contributed by atoms with van der Waals surface area (Å²) in [6.45, 7) is 2.12. The fourth-order valence-corrected chi connectivity index (χ4v) is 3.22. The van der Waals surface area contributed by atoms with E-state index in [4.69, 9.17) is 0 Å². The zero-order valence-electron chi connectivity index (χ0n) is 12.2. The van der Waals surface area contributed by atoms with Crippen LogP contribution < -0.4 is 10.3 Å². The highest BCUT2D eigenvalue weighted by molar-refractivity contribution is 5.93. The van der Waals surface area contributed by atoms with E-state index < -0.39 is 0 Å². The van der Waals surface area contributed by atoms with Crippen molar-refractivity contribution in [1.82, 2.24) is 0 Å². The number of para-hydroxylation sites is 1. The van der Waals surface area contributed by atoms with Crippen LogP contribution in [-0.2, 0) is 12.8 Å². The van der Waals surface area contributed by atoms with E-state index in [2.05, 4.69) is 65.8 Å². The van der Waals surface area contributed by atoms with Gasteiger partial charge in [-0.15, -0.1) is 0 Å². The van der Waals surface area contributed by atoms with Crippen molar-refractivity contribution in [3.63, 3.8) is 0 Å². The number of aromatic amines is 1. The van der Waals surface area contributed by atoms with Gasteiger partial charge in [0.15, 0.2) is 5.69 Å². The summed E-state index contributed by atoms with van der Waals surface area (Å²) < 4.78 is 0. The Labute approximate surface area is 124 Å². The van der Waals surface area contributed by atoms with Gasteiger partial charge in [-0.05, 0) is 38.0 Å². The van der Waals surface area contributed by atoms with Crippen LogP contribution in [0.15, 0.2) is 48.5 Å². The highest BCUT2D eigenvalue weighted by Crippen LogP contribution is 2.33. The van der Waals surface area contributed by atoms with Gasteiger partial charge in [-0.2, -0.15) is 0 Å². The number of fused-ring (bicyclic) bond motifs is 2. The highest BCUT2D eigenvalue weighted by atomic mass is 14.9. The zero-order valence-corrected chi connectivity index (χ0v) is 12.2. The van der Waals surface area contributed by atoms with Gasteiger partial charge in [0.2, 0.25) is 5.52 Å². The van der Waals surface area contributed by atoms with Crippen molar-refractivity contribution in [3.05, 3.63) is 65.4 Å². The monoisotopic (exact) mass is 275 g/mol. The standard InChI is InChI=1S/C19H18N2/c1-13-9-11-14(12-10-13)20-19-15-5-2-3-7-17(15)21-18-8-4-6-16(18)19/h2-3,5,7,9-12H,4,6,8H2,1H3,(H,20,21)/p+1. The lowest BCUT2D eigenvalue weighted by atomic mass is 10.1. The lowest BCUT2D eigenvalue weighted by molar-refractivity contribution is -0.356. The lowest BCUT2D eigenvalue weighted by Gasteiger charge is -2.12. The summed E-state index contributed by atoms with van der Waals surface area (Å²) in [5, 5.41) is 4.93. The van der Waals surface area contributed by atoms with Gasteiger partial charge in [-0.25, -0.2) is 4.98 Å². The Morgan fingerprint density at radius 2 is 1.76 bits per heavy atom. The molecular formula is C19H19N2+. The first kappa shape index (κ1) is 12.4. The van der Waals surface area contributed by atoms with Crippen molar-refractivity contribution in [3.8, 4) is 0 Å². The fourth-order valence-electron chi connectivity index (χ4n) is 3.22. The number of benzene rings is 2. The molecule has 4 rings (SSSR count). The maximum atomic E-state index is 3.65. The first-order valence-corrected chi connectivity index (χ1v) is 7.61. The molecule has 0 spiro atoms. The molecule has 1 aromatic heterocycles. The first-order chi connectivity index (χ1) is 10.3. The third-order valence-electron chi connectivity index (χ3n) is 4.32. The van der Waals surface area contributed by atoms with Crippen LogP contribution in [0.2, 0.25) is 0 Å². The van der Waals surface area contributed by atoms with E-state index in [1.165, 1.54) is 39.8 Å². The predicted octanol–water partition coefficient (Wildman–Crippen LogP) is 4.19. The minimum atomic E-state index is 1.16. The van der Waals surface area contributed by atoms with Crippen molar-refractivity contribution < 1.29 is 4.98 Å². The maximum absolute atomic E-state index is 3.65. The molecular weight excluding hydrogens is 256 g/mol. The third kappa shape index (κ3) is 2.17. The van der Waals surface area contributed by atoms with Crippen molar-refractivity contribution in [2.24, 2.45) is 0 Å². The molecule has 1 heterocycles. The Balaban J connectivity index is 1.88. The minimum Gasteiger partial charge on any atom is -0.354 e. The molecule has 0 unspecified atom stereocenters. The van der Waals surface area contributed by atoms with E-state index in [9.17, 15) is 0 Å². The topological polar surface area (TPSA) is 26.2 Å². The normalized spacial score (nSPS) is 13.4. The smallest absolute Gasteiger partial charge is 0.213 e. The van der Waals surface area contributed by atoms with Gasteiger partial charge < -0.3 is 5.32 Å². The number of nitrogens with one attached hydrogen (secondary N) is 2. The molecule has 2 aromatic carbocycles. The first-order valence-electron chi connectivity index (χ1n) is 7.61. The van der Waals surface area contributed by atoms with Crippen LogP contribution in [0.25, 0.3) is 10.9 Å². The number of H-pyrrole nitrogens is 1. The second-order valence-electron chi connectivity index (χ2n) is 5.85. The summed E-state index contributed by atoms with van der Waals surface area (Å²) in [7, 11) is 0. The molecule has 0 bridgehead atoms. The molecule has 0 saturated heterocycles. The molecule has 0 fully saturated rings. The molecule has 0 aliphatic heterocycles.